The molecule has 2 rings (SSSR count). The summed E-state index contributed by atoms with van der Waals surface area (Å²) >= 11 is 0. The normalized spacial score (nSPS) is 15.3. The van der Waals surface area contributed by atoms with E-state index in [1.807, 2.05) is 0 Å². The van der Waals surface area contributed by atoms with Crippen molar-refractivity contribution in [1.82, 2.24) is 5.43 Å². The molecule has 0 bridgehead atoms. The van der Waals surface area contributed by atoms with Crippen LogP contribution in [0.2, 0.25) is 0 Å². The van der Waals surface area contributed by atoms with Gasteiger partial charge in [0.25, 0.3) is 0 Å². The Morgan fingerprint density at radius 3 is 2.62 bits per heavy atom. The standard InChI is InChI=1S/C13H14F3N3O2/c1-7(2)17-10-4-3-8(5-9(10)13(14,15)16)11-6-21-12(20)19-18-11/h3-5,7,17H,6H2,1-2H3,(H,19,20). The topological polar surface area (TPSA) is 62.7 Å². The highest BCUT2D eigenvalue weighted by Gasteiger charge is 2.34. The molecule has 21 heavy (non-hydrogen) atoms. The van der Waals surface area contributed by atoms with E-state index < -0.39 is 17.8 Å². The van der Waals surface area contributed by atoms with Gasteiger partial charge in [-0.15, -0.1) is 0 Å². The number of halogens is 3. The first-order chi connectivity index (χ1) is 9.77. The molecule has 1 heterocycles. The van der Waals surface area contributed by atoms with Crippen LogP contribution in [0.15, 0.2) is 23.3 Å². The van der Waals surface area contributed by atoms with Crippen molar-refractivity contribution in [2.24, 2.45) is 5.10 Å². The second-order valence-electron chi connectivity index (χ2n) is 4.80. The Morgan fingerprint density at radius 1 is 1.38 bits per heavy atom. The van der Waals surface area contributed by atoms with Gasteiger partial charge in [0.05, 0.1) is 5.56 Å². The Morgan fingerprint density at radius 2 is 2.10 bits per heavy atom. The van der Waals surface area contributed by atoms with E-state index in [2.05, 4.69) is 20.6 Å². The van der Waals surface area contributed by atoms with Gasteiger partial charge in [-0.1, -0.05) is 6.07 Å². The summed E-state index contributed by atoms with van der Waals surface area (Å²) in [6.07, 6.45) is -5.22. The monoisotopic (exact) mass is 301 g/mol. The largest absolute Gasteiger partial charge is 0.442 e. The van der Waals surface area contributed by atoms with Crippen molar-refractivity contribution < 1.29 is 22.7 Å². The molecule has 1 aromatic rings. The average Bonchev–Trinajstić information content (AvgIpc) is 2.38. The molecule has 0 unspecified atom stereocenters. The number of ether oxygens (including phenoxy) is 1. The number of hydrogen-bond donors (Lipinski definition) is 2. The smallest absolute Gasteiger partial charge is 0.428 e. The molecule has 0 aliphatic carbocycles. The first-order valence-electron chi connectivity index (χ1n) is 6.25. The summed E-state index contributed by atoms with van der Waals surface area (Å²) in [5.41, 5.74) is 1.76. The van der Waals surface area contributed by atoms with Crippen LogP contribution in [-0.2, 0) is 10.9 Å². The van der Waals surface area contributed by atoms with Crippen molar-refractivity contribution >= 4 is 17.5 Å². The minimum atomic E-state index is -4.49. The van der Waals surface area contributed by atoms with Gasteiger partial charge in [0.15, 0.2) is 0 Å². The average molecular weight is 301 g/mol. The molecule has 1 aromatic carbocycles. The predicted molar refractivity (Wildman–Crippen MR) is 71.2 cm³/mol. The lowest BCUT2D eigenvalue weighted by Crippen LogP contribution is -2.31. The number of nitrogens with one attached hydrogen (secondary N) is 2. The molecule has 0 saturated heterocycles. The van der Waals surface area contributed by atoms with E-state index in [-0.39, 0.29) is 29.6 Å². The summed E-state index contributed by atoms with van der Waals surface area (Å²) in [4.78, 5) is 10.8. The van der Waals surface area contributed by atoms with E-state index in [4.69, 9.17) is 0 Å². The Labute approximate surface area is 119 Å². The van der Waals surface area contributed by atoms with Crippen molar-refractivity contribution in [2.75, 3.05) is 11.9 Å². The van der Waals surface area contributed by atoms with Gasteiger partial charge in [-0.25, -0.2) is 10.2 Å². The molecule has 0 saturated carbocycles. The third kappa shape index (κ3) is 3.65. The number of anilines is 1. The lowest BCUT2D eigenvalue weighted by Gasteiger charge is -2.19. The molecule has 2 N–H and O–H groups in total. The number of cyclic esters (lactones) is 1. The van der Waals surface area contributed by atoms with Crippen molar-refractivity contribution in [3.05, 3.63) is 29.3 Å². The highest BCUT2D eigenvalue weighted by Crippen LogP contribution is 2.36. The molecular weight excluding hydrogens is 287 g/mol. The summed E-state index contributed by atoms with van der Waals surface area (Å²) < 4.78 is 44.1. The summed E-state index contributed by atoms with van der Waals surface area (Å²) in [5, 5.41) is 6.46. The zero-order valence-electron chi connectivity index (χ0n) is 11.4. The fourth-order valence-electron chi connectivity index (χ4n) is 1.85. The minimum absolute atomic E-state index is 0.00242. The van der Waals surface area contributed by atoms with Crippen LogP contribution in [-0.4, -0.2) is 24.5 Å². The fourth-order valence-corrected chi connectivity index (χ4v) is 1.85. The Hall–Kier alpha value is -2.25. The third-order valence-corrected chi connectivity index (χ3v) is 2.72. The van der Waals surface area contributed by atoms with Gasteiger partial charge in [-0.05, 0) is 26.0 Å². The first-order valence-corrected chi connectivity index (χ1v) is 6.25. The number of benzene rings is 1. The molecule has 5 nitrogen and oxygen atoms in total. The van der Waals surface area contributed by atoms with Gasteiger partial charge in [0.1, 0.15) is 12.3 Å². The Kier molecular flexibility index (Phi) is 4.06. The molecule has 1 amide bonds. The van der Waals surface area contributed by atoms with Crippen molar-refractivity contribution in [1.29, 1.82) is 0 Å². The van der Waals surface area contributed by atoms with Crippen LogP contribution in [0.3, 0.4) is 0 Å². The predicted octanol–water partition coefficient (Wildman–Crippen LogP) is 2.97. The number of rotatable bonds is 3. The van der Waals surface area contributed by atoms with Crippen LogP contribution < -0.4 is 10.7 Å². The number of nitrogens with zero attached hydrogens (tertiary/aromatic N) is 1. The maximum absolute atomic E-state index is 13.1. The maximum Gasteiger partial charge on any atom is 0.428 e. The van der Waals surface area contributed by atoms with Gasteiger partial charge >= 0.3 is 12.3 Å². The van der Waals surface area contributed by atoms with Crippen LogP contribution >= 0.6 is 0 Å². The lowest BCUT2D eigenvalue weighted by atomic mass is 10.0. The zero-order valence-corrected chi connectivity index (χ0v) is 11.4. The summed E-state index contributed by atoms with van der Waals surface area (Å²) in [6, 6.07) is 3.70. The van der Waals surface area contributed by atoms with Gasteiger partial charge in [-0.3, -0.25) is 0 Å². The molecule has 8 heteroatoms. The molecule has 0 spiro atoms. The summed E-state index contributed by atoms with van der Waals surface area (Å²) in [7, 11) is 0. The van der Waals surface area contributed by atoms with E-state index in [0.717, 1.165) is 6.07 Å². The van der Waals surface area contributed by atoms with Crippen LogP contribution in [0, 0.1) is 0 Å². The van der Waals surface area contributed by atoms with Gasteiger partial charge in [0, 0.05) is 17.3 Å². The molecule has 0 aromatic heterocycles. The number of carbonyl (C=O) groups is 1. The van der Waals surface area contributed by atoms with Gasteiger partial charge < -0.3 is 10.1 Å². The molecule has 114 valence electrons. The SMILES string of the molecule is CC(C)Nc1ccc(C2=NNC(=O)OC2)cc1C(F)(F)F. The van der Waals surface area contributed by atoms with Gasteiger partial charge in [0.2, 0.25) is 0 Å². The van der Waals surface area contributed by atoms with Crippen LogP contribution in [0.4, 0.5) is 23.7 Å². The molecule has 1 aliphatic heterocycles. The second kappa shape index (κ2) is 5.63. The van der Waals surface area contributed by atoms with Crippen LogP contribution in [0.1, 0.15) is 25.0 Å². The number of hydrogen-bond acceptors (Lipinski definition) is 4. The van der Waals surface area contributed by atoms with Crippen molar-refractivity contribution in [3.63, 3.8) is 0 Å². The molecule has 1 aliphatic rings. The van der Waals surface area contributed by atoms with E-state index in [1.165, 1.54) is 12.1 Å². The molecule has 0 fully saturated rings. The number of alkyl halides is 3. The second-order valence-corrected chi connectivity index (χ2v) is 4.80. The van der Waals surface area contributed by atoms with E-state index in [1.54, 1.807) is 13.8 Å². The zero-order chi connectivity index (χ0) is 15.6. The lowest BCUT2D eigenvalue weighted by molar-refractivity contribution is -0.137. The van der Waals surface area contributed by atoms with E-state index in [0.29, 0.717) is 0 Å². The minimum Gasteiger partial charge on any atom is -0.442 e. The number of amides is 1. The Balaban J connectivity index is 2.40. The maximum atomic E-state index is 13.1. The van der Waals surface area contributed by atoms with Crippen molar-refractivity contribution in [2.45, 2.75) is 26.1 Å². The van der Waals surface area contributed by atoms with E-state index in [9.17, 15) is 18.0 Å². The molecule has 0 radical (unpaired) electrons. The van der Waals surface area contributed by atoms with Crippen LogP contribution in [0.5, 0.6) is 0 Å². The molecule has 0 atom stereocenters. The van der Waals surface area contributed by atoms with E-state index >= 15 is 0 Å². The summed E-state index contributed by atoms with van der Waals surface area (Å²) in [5.74, 6) is 0. The molecular formula is C13H14F3N3O2. The number of carbonyl (C=O) groups excluding carboxylic acids is 1. The first kappa shape index (κ1) is 15.1. The van der Waals surface area contributed by atoms with Gasteiger partial charge in [-0.2, -0.15) is 18.3 Å². The quantitative estimate of drug-likeness (QED) is 0.902. The van der Waals surface area contributed by atoms with Crippen LogP contribution in [0.25, 0.3) is 0 Å². The highest BCUT2D eigenvalue weighted by atomic mass is 19.4. The van der Waals surface area contributed by atoms with Crippen molar-refractivity contribution in [3.8, 4) is 0 Å². The highest BCUT2D eigenvalue weighted by molar-refractivity contribution is 6.04. The number of hydrazone groups is 1. The fraction of sp³-hybridized carbons (Fsp3) is 0.385. The Bertz CT molecular complexity index is 583. The third-order valence-electron chi connectivity index (χ3n) is 2.72. The summed E-state index contributed by atoms with van der Waals surface area (Å²) in [6.45, 7) is 3.34.